The third-order valence-electron chi connectivity index (χ3n) is 3.60. The van der Waals surface area contributed by atoms with Gasteiger partial charge in [0.15, 0.2) is 0 Å². The van der Waals surface area contributed by atoms with Gasteiger partial charge in [0.05, 0.1) is 5.69 Å². The van der Waals surface area contributed by atoms with E-state index in [1.54, 1.807) is 12.3 Å². The first-order valence-electron chi connectivity index (χ1n) is 7.80. The Morgan fingerprint density at radius 3 is 2.79 bits per heavy atom. The van der Waals surface area contributed by atoms with Crippen LogP contribution in [-0.4, -0.2) is 16.9 Å². The molecule has 1 heterocycles. The predicted octanol–water partition coefficient (Wildman–Crippen LogP) is 2.85. The van der Waals surface area contributed by atoms with Crippen LogP contribution in [0.15, 0.2) is 54.2 Å². The third kappa shape index (κ3) is 4.20. The molecule has 5 nitrogen and oxygen atoms in total. The second-order valence-electron chi connectivity index (χ2n) is 5.57. The van der Waals surface area contributed by atoms with Crippen LogP contribution in [0, 0.1) is 11.3 Å². The number of nitriles is 1. The number of amides is 1. The molecule has 1 aliphatic rings. The third-order valence-corrected chi connectivity index (χ3v) is 3.60. The minimum atomic E-state index is -0.334. The standard InChI is InChI=1S/C19H17N3O2/c20-12-15(19(23)22-16-8-9-16)11-14-5-1-2-7-18(14)24-13-17-6-3-4-10-21-17/h1-7,10-11,16H,8-9,13H2,(H,22,23). The summed E-state index contributed by atoms with van der Waals surface area (Å²) in [7, 11) is 0. The number of benzene rings is 1. The van der Waals surface area contributed by atoms with E-state index in [0.29, 0.717) is 17.9 Å². The van der Waals surface area contributed by atoms with Gasteiger partial charge in [-0.15, -0.1) is 0 Å². The maximum Gasteiger partial charge on any atom is 0.262 e. The van der Waals surface area contributed by atoms with E-state index in [-0.39, 0.29) is 17.5 Å². The molecule has 0 atom stereocenters. The fourth-order valence-corrected chi connectivity index (χ4v) is 2.16. The zero-order valence-electron chi connectivity index (χ0n) is 13.1. The van der Waals surface area contributed by atoms with Crippen LogP contribution in [0.1, 0.15) is 24.1 Å². The number of hydrogen-bond acceptors (Lipinski definition) is 4. The van der Waals surface area contributed by atoms with E-state index in [1.165, 1.54) is 0 Å². The lowest BCUT2D eigenvalue weighted by molar-refractivity contribution is -0.117. The summed E-state index contributed by atoms with van der Waals surface area (Å²) in [5.74, 6) is 0.273. The Labute approximate surface area is 140 Å². The molecule has 0 saturated heterocycles. The summed E-state index contributed by atoms with van der Waals surface area (Å²) in [6.07, 6.45) is 5.23. The Kier molecular flexibility index (Phi) is 4.87. The fourth-order valence-electron chi connectivity index (χ4n) is 2.16. The number of nitrogens with zero attached hydrogens (tertiary/aromatic N) is 2. The van der Waals surface area contributed by atoms with Gasteiger partial charge in [-0.1, -0.05) is 24.3 Å². The Morgan fingerprint density at radius 2 is 2.08 bits per heavy atom. The number of carbonyl (C=O) groups excluding carboxylic acids is 1. The van der Waals surface area contributed by atoms with Crippen LogP contribution < -0.4 is 10.1 Å². The first-order chi connectivity index (χ1) is 11.8. The molecule has 0 bridgehead atoms. The highest BCUT2D eigenvalue weighted by Gasteiger charge is 2.24. The summed E-state index contributed by atoms with van der Waals surface area (Å²) < 4.78 is 5.79. The maximum absolute atomic E-state index is 12.1. The molecule has 3 rings (SSSR count). The molecule has 1 N–H and O–H groups in total. The van der Waals surface area contributed by atoms with E-state index in [2.05, 4.69) is 10.3 Å². The molecule has 1 amide bonds. The maximum atomic E-state index is 12.1. The molecule has 1 aromatic heterocycles. The van der Waals surface area contributed by atoms with Crippen molar-refractivity contribution < 1.29 is 9.53 Å². The van der Waals surface area contributed by atoms with E-state index in [1.807, 2.05) is 48.5 Å². The van der Waals surface area contributed by atoms with Crippen molar-refractivity contribution in [2.24, 2.45) is 0 Å². The monoisotopic (exact) mass is 319 g/mol. The van der Waals surface area contributed by atoms with Crippen molar-refractivity contribution in [3.63, 3.8) is 0 Å². The van der Waals surface area contributed by atoms with Crippen LogP contribution in [0.25, 0.3) is 6.08 Å². The number of aromatic nitrogens is 1. The largest absolute Gasteiger partial charge is 0.487 e. The van der Waals surface area contributed by atoms with Crippen LogP contribution >= 0.6 is 0 Å². The van der Waals surface area contributed by atoms with Gasteiger partial charge in [0, 0.05) is 17.8 Å². The molecule has 1 aliphatic carbocycles. The van der Waals surface area contributed by atoms with Crippen LogP contribution in [0.3, 0.4) is 0 Å². The van der Waals surface area contributed by atoms with Gasteiger partial charge in [-0.05, 0) is 37.1 Å². The van der Waals surface area contributed by atoms with Gasteiger partial charge >= 0.3 is 0 Å². The number of nitrogens with one attached hydrogen (secondary N) is 1. The van der Waals surface area contributed by atoms with Crippen molar-refractivity contribution in [1.82, 2.24) is 10.3 Å². The molecule has 0 unspecified atom stereocenters. The molecule has 2 aromatic rings. The topological polar surface area (TPSA) is 75.0 Å². The Balaban J connectivity index is 1.76. The van der Waals surface area contributed by atoms with Gasteiger partial charge in [-0.2, -0.15) is 5.26 Å². The molecule has 120 valence electrons. The first-order valence-corrected chi connectivity index (χ1v) is 7.80. The van der Waals surface area contributed by atoms with Crippen molar-refractivity contribution in [1.29, 1.82) is 5.26 Å². The Morgan fingerprint density at radius 1 is 1.29 bits per heavy atom. The van der Waals surface area contributed by atoms with E-state index < -0.39 is 0 Å². The number of carbonyl (C=O) groups is 1. The van der Waals surface area contributed by atoms with Gasteiger partial charge in [-0.25, -0.2) is 0 Å². The van der Waals surface area contributed by atoms with Crippen molar-refractivity contribution in [3.05, 3.63) is 65.5 Å². The number of para-hydroxylation sites is 1. The lowest BCUT2D eigenvalue weighted by atomic mass is 10.1. The summed E-state index contributed by atoms with van der Waals surface area (Å²) in [5.41, 5.74) is 1.58. The zero-order valence-corrected chi connectivity index (χ0v) is 13.1. The molecule has 5 heteroatoms. The molecule has 1 saturated carbocycles. The van der Waals surface area contributed by atoms with Crippen molar-refractivity contribution in [2.75, 3.05) is 0 Å². The molecule has 0 radical (unpaired) electrons. The second kappa shape index (κ2) is 7.42. The van der Waals surface area contributed by atoms with Gasteiger partial charge in [0.1, 0.15) is 24.0 Å². The lowest BCUT2D eigenvalue weighted by Gasteiger charge is -2.09. The minimum Gasteiger partial charge on any atom is -0.487 e. The average Bonchev–Trinajstić information content (AvgIpc) is 3.43. The highest BCUT2D eigenvalue weighted by Crippen LogP contribution is 2.23. The molecule has 24 heavy (non-hydrogen) atoms. The van der Waals surface area contributed by atoms with Crippen LogP contribution in [-0.2, 0) is 11.4 Å². The van der Waals surface area contributed by atoms with Crippen LogP contribution in [0.2, 0.25) is 0 Å². The van der Waals surface area contributed by atoms with Crippen LogP contribution in [0.5, 0.6) is 5.75 Å². The number of rotatable bonds is 6. The zero-order chi connectivity index (χ0) is 16.8. The van der Waals surface area contributed by atoms with E-state index in [9.17, 15) is 10.1 Å². The highest BCUT2D eigenvalue weighted by molar-refractivity contribution is 6.02. The summed E-state index contributed by atoms with van der Waals surface area (Å²) in [4.78, 5) is 16.3. The Hall–Kier alpha value is -3.13. The van der Waals surface area contributed by atoms with E-state index in [4.69, 9.17) is 4.74 Å². The van der Waals surface area contributed by atoms with Gasteiger partial charge in [-0.3, -0.25) is 9.78 Å². The minimum absolute atomic E-state index is 0.0794. The fraction of sp³-hybridized carbons (Fsp3) is 0.211. The quantitative estimate of drug-likeness (QED) is 0.656. The SMILES string of the molecule is N#CC(=Cc1ccccc1OCc1ccccn1)C(=O)NC1CC1. The Bertz CT molecular complexity index is 790. The number of ether oxygens (including phenoxy) is 1. The molecule has 0 aliphatic heterocycles. The number of pyridine rings is 1. The molecular weight excluding hydrogens is 302 g/mol. The first kappa shape index (κ1) is 15.8. The van der Waals surface area contributed by atoms with Gasteiger partial charge in [0.2, 0.25) is 0 Å². The summed E-state index contributed by atoms with van der Waals surface area (Å²) >= 11 is 0. The number of hydrogen-bond donors (Lipinski definition) is 1. The highest BCUT2D eigenvalue weighted by atomic mass is 16.5. The molecular formula is C19H17N3O2. The van der Waals surface area contributed by atoms with Crippen LogP contribution in [0.4, 0.5) is 0 Å². The van der Waals surface area contributed by atoms with Gasteiger partial charge in [0.25, 0.3) is 5.91 Å². The second-order valence-corrected chi connectivity index (χ2v) is 5.57. The summed E-state index contributed by atoms with van der Waals surface area (Å²) in [6, 6.07) is 15.1. The van der Waals surface area contributed by atoms with Crippen molar-refractivity contribution >= 4 is 12.0 Å². The summed E-state index contributed by atoms with van der Waals surface area (Å²) in [5, 5.41) is 12.1. The van der Waals surface area contributed by atoms with Gasteiger partial charge < -0.3 is 10.1 Å². The average molecular weight is 319 g/mol. The van der Waals surface area contributed by atoms with E-state index in [0.717, 1.165) is 18.5 Å². The molecule has 1 aromatic carbocycles. The lowest BCUT2D eigenvalue weighted by Crippen LogP contribution is -2.26. The van der Waals surface area contributed by atoms with E-state index >= 15 is 0 Å². The summed E-state index contributed by atoms with van der Waals surface area (Å²) in [6.45, 7) is 0.321. The molecule has 0 spiro atoms. The predicted molar refractivity (Wildman–Crippen MR) is 89.8 cm³/mol. The van der Waals surface area contributed by atoms with Crippen molar-refractivity contribution in [2.45, 2.75) is 25.5 Å². The van der Waals surface area contributed by atoms with Crippen molar-refractivity contribution in [3.8, 4) is 11.8 Å². The molecule has 1 fully saturated rings. The normalized spacial score (nSPS) is 13.9. The smallest absolute Gasteiger partial charge is 0.262 e.